The lowest BCUT2D eigenvalue weighted by molar-refractivity contribution is 0.0469. The number of carboxylic acids is 1. The van der Waals surface area contributed by atoms with E-state index in [1.54, 1.807) is 19.9 Å². The van der Waals surface area contributed by atoms with E-state index >= 15 is 0 Å². The Morgan fingerprint density at radius 2 is 1.85 bits per heavy atom. The molecule has 1 aromatic rings. The first-order valence-corrected chi connectivity index (χ1v) is 6.61. The number of aliphatic hydroxyl groups is 1. The Morgan fingerprint density at radius 1 is 1.25 bits per heavy atom. The molecule has 0 fully saturated rings. The number of benzene rings is 1. The van der Waals surface area contributed by atoms with Crippen molar-refractivity contribution in [1.82, 2.24) is 5.32 Å². The summed E-state index contributed by atoms with van der Waals surface area (Å²) in [5.41, 5.74) is 0.115. The van der Waals surface area contributed by atoms with Gasteiger partial charge in [-0.15, -0.1) is 0 Å². The van der Waals surface area contributed by atoms with Crippen LogP contribution in [0.2, 0.25) is 0 Å². The number of nitrogens with one attached hydrogen (secondary N) is 1. The highest BCUT2D eigenvalue weighted by Crippen LogP contribution is 2.12. The molecule has 20 heavy (non-hydrogen) atoms. The summed E-state index contributed by atoms with van der Waals surface area (Å²) in [5, 5.41) is 21.6. The average molecular weight is 279 g/mol. The standard InChI is InChI=1S/C15H21NO4/c1-4-5-15(3,20)9-16-13(17)11-6-10(2)7-12(8-11)14(18)19/h6-8,20H,4-5,9H2,1-3H3,(H,16,17)(H,18,19). The number of hydrogen-bond acceptors (Lipinski definition) is 3. The quantitative estimate of drug-likeness (QED) is 0.743. The molecule has 1 aromatic carbocycles. The summed E-state index contributed by atoms with van der Waals surface area (Å²) in [6.45, 7) is 5.48. The molecule has 0 aliphatic rings. The molecule has 0 bridgehead atoms. The highest BCUT2D eigenvalue weighted by atomic mass is 16.4. The summed E-state index contributed by atoms with van der Waals surface area (Å²) >= 11 is 0. The van der Waals surface area contributed by atoms with Gasteiger partial charge in [0, 0.05) is 12.1 Å². The summed E-state index contributed by atoms with van der Waals surface area (Å²) < 4.78 is 0. The molecule has 0 aliphatic carbocycles. The fourth-order valence-corrected chi connectivity index (χ4v) is 2.04. The third-order valence-electron chi connectivity index (χ3n) is 3.00. The first kappa shape index (κ1) is 16.2. The molecule has 0 heterocycles. The smallest absolute Gasteiger partial charge is 0.335 e. The topological polar surface area (TPSA) is 86.6 Å². The molecule has 5 heteroatoms. The molecule has 5 nitrogen and oxygen atoms in total. The van der Waals surface area contributed by atoms with E-state index in [1.807, 2.05) is 6.92 Å². The van der Waals surface area contributed by atoms with Crippen LogP contribution in [0.1, 0.15) is 53.0 Å². The summed E-state index contributed by atoms with van der Waals surface area (Å²) in [7, 11) is 0. The zero-order valence-corrected chi connectivity index (χ0v) is 12.1. The number of amides is 1. The molecular weight excluding hydrogens is 258 g/mol. The maximum absolute atomic E-state index is 12.0. The molecule has 0 saturated heterocycles. The van der Waals surface area contributed by atoms with Crippen molar-refractivity contribution in [3.63, 3.8) is 0 Å². The van der Waals surface area contributed by atoms with Crippen molar-refractivity contribution in [1.29, 1.82) is 0 Å². The minimum Gasteiger partial charge on any atom is -0.478 e. The molecule has 1 unspecified atom stereocenters. The largest absolute Gasteiger partial charge is 0.478 e. The Balaban J connectivity index is 2.80. The van der Waals surface area contributed by atoms with Crippen LogP contribution in [-0.4, -0.2) is 34.2 Å². The number of carboxylic acid groups (broad SMARTS) is 1. The second-order valence-corrected chi connectivity index (χ2v) is 5.32. The van der Waals surface area contributed by atoms with Gasteiger partial charge in [0.05, 0.1) is 11.2 Å². The minimum absolute atomic E-state index is 0.0791. The van der Waals surface area contributed by atoms with Gasteiger partial charge < -0.3 is 15.5 Å². The van der Waals surface area contributed by atoms with Crippen LogP contribution >= 0.6 is 0 Å². The lowest BCUT2D eigenvalue weighted by Crippen LogP contribution is -2.40. The number of rotatable bonds is 6. The van der Waals surface area contributed by atoms with Crippen molar-refractivity contribution < 1.29 is 19.8 Å². The SMILES string of the molecule is CCCC(C)(O)CNC(=O)c1cc(C)cc(C(=O)O)c1. The minimum atomic E-state index is -1.07. The monoisotopic (exact) mass is 279 g/mol. The van der Waals surface area contributed by atoms with E-state index in [9.17, 15) is 14.7 Å². The summed E-state index contributed by atoms with van der Waals surface area (Å²) in [4.78, 5) is 23.0. The zero-order valence-electron chi connectivity index (χ0n) is 12.1. The number of aromatic carboxylic acids is 1. The van der Waals surface area contributed by atoms with E-state index in [-0.39, 0.29) is 23.6 Å². The Labute approximate surface area is 118 Å². The Hall–Kier alpha value is -1.88. The number of carbonyl (C=O) groups is 2. The fourth-order valence-electron chi connectivity index (χ4n) is 2.04. The normalized spacial score (nSPS) is 13.6. The molecule has 110 valence electrons. The van der Waals surface area contributed by atoms with E-state index in [0.717, 1.165) is 6.42 Å². The fraction of sp³-hybridized carbons (Fsp3) is 0.467. The van der Waals surface area contributed by atoms with Gasteiger partial charge in [0.15, 0.2) is 0 Å². The van der Waals surface area contributed by atoms with Crippen LogP contribution in [0.25, 0.3) is 0 Å². The highest BCUT2D eigenvalue weighted by Gasteiger charge is 2.20. The van der Waals surface area contributed by atoms with Crippen molar-refractivity contribution in [2.24, 2.45) is 0 Å². The number of carbonyl (C=O) groups excluding carboxylic acids is 1. The zero-order chi connectivity index (χ0) is 15.3. The van der Waals surface area contributed by atoms with E-state index in [2.05, 4.69) is 5.32 Å². The van der Waals surface area contributed by atoms with Gasteiger partial charge in [-0.05, 0) is 44.0 Å². The van der Waals surface area contributed by atoms with Crippen LogP contribution in [0.4, 0.5) is 0 Å². The van der Waals surface area contributed by atoms with E-state index in [0.29, 0.717) is 12.0 Å². The average Bonchev–Trinajstić information content (AvgIpc) is 2.35. The van der Waals surface area contributed by atoms with Crippen LogP contribution in [-0.2, 0) is 0 Å². The van der Waals surface area contributed by atoms with Gasteiger partial charge in [0.1, 0.15) is 0 Å². The molecule has 3 N–H and O–H groups in total. The van der Waals surface area contributed by atoms with Crippen LogP contribution in [0.3, 0.4) is 0 Å². The van der Waals surface area contributed by atoms with Gasteiger partial charge in [-0.25, -0.2) is 4.79 Å². The molecule has 0 spiro atoms. The van der Waals surface area contributed by atoms with E-state index in [4.69, 9.17) is 5.11 Å². The lowest BCUT2D eigenvalue weighted by atomic mass is 10.0. The van der Waals surface area contributed by atoms with Crippen LogP contribution in [0.5, 0.6) is 0 Å². The number of aryl methyl sites for hydroxylation is 1. The predicted molar refractivity (Wildman–Crippen MR) is 76.0 cm³/mol. The molecular formula is C15H21NO4. The molecule has 1 amide bonds. The maximum Gasteiger partial charge on any atom is 0.335 e. The van der Waals surface area contributed by atoms with Gasteiger partial charge >= 0.3 is 5.97 Å². The third kappa shape index (κ3) is 4.66. The molecule has 0 aromatic heterocycles. The van der Waals surface area contributed by atoms with Crippen LogP contribution in [0, 0.1) is 6.92 Å². The first-order valence-electron chi connectivity index (χ1n) is 6.61. The first-order chi connectivity index (χ1) is 9.25. The van der Waals surface area contributed by atoms with Crippen molar-refractivity contribution in [3.8, 4) is 0 Å². The van der Waals surface area contributed by atoms with Crippen molar-refractivity contribution in [3.05, 3.63) is 34.9 Å². The second-order valence-electron chi connectivity index (χ2n) is 5.32. The summed E-state index contributed by atoms with van der Waals surface area (Å²) in [6.07, 6.45) is 1.40. The molecule has 0 saturated carbocycles. The second kappa shape index (κ2) is 6.52. The summed E-state index contributed by atoms with van der Waals surface area (Å²) in [6, 6.07) is 4.46. The van der Waals surface area contributed by atoms with Crippen molar-refractivity contribution in [2.45, 2.75) is 39.2 Å². The molecule has 1 atom stereocenters. The van der Waals surface area contributed by atoms with Gasteiger partial charge in [-0.1, -0.05) is 13.3 Å². The highest BCUT2D eigenvalue weighted by molar-refractivity contribution is 5.97. The van der Waals surface area contributed by atoms with Gasteiger partial charge in [0.2, 0.25) is 0 Å². The Kier molecular flexibility index (Phi) is 5.27. The van der Waals surface area contributed by atoms with Crippen LogP contribution in [0.15, 0.2) is 18.2 Å². The van der Waals surface area contributed by atoms with E-state index < -0.39 is 11.6 Å². The maximum atomic E-state index is 12.0. The van der Waals surface area contributed by atoms with Gasteiger partial charge in [-0.3, -0.25) is 4.79 Å². The summed E-state index contributed by atoms with van der Waals surface area (Å²) in [5.74, 6) is -1.45. The van der Waals surface area contributed by atoms with Crippen molar-refractivity contribution >= 4 is 11.9 Å². The molecule has 0 radical (unpaired) electrons. The molecule has 1 rings (SSSR count). The molecule has 0 aliphatic heterocycles. The third-order valence-corrected chi connectivity index (χ3v) is 3.00. The Bertz CT molecular complexity index is 509. The van der Waals surface area contributed by atoms with E-state index in [1.165, 1.54) is 12.1 Å². The lowest BCUT2D eigenvalue weighted by Gasteiger charge is -2.23. The predicted octanol–water partition coefficient (Wildman–Crippen LogP) is 1.97. The number of hydrogen-bond donors (Lipinski definition) is 3. The van der Waals surface area contributed by atoms with Gasteiger partial charge in [-0.2, -0.15) is 0 Å². The van der Waals surface area contributed by atoms with Gasteiger partial charge in [0.25, 0.3) is 5.91 Å². The van der Waals surface area contributed by atoms with Crippen LogP contribution < -0.4 is 5.32 Å². The van der Waals surface area contributed by atoms with Crippen molar-refractivity contribution in [2.75, 3.05) is 6.54 Å². The Morgan fingerprint density at radius 3 is 2.40 bits per heavy atom.